The van der Waals surface area contributed by atoms with Crippen LogP contribution in [0.4, 0.5) is 0 Å². The molecule has 0 spiro atoms. The number of methoxy groups -OCH3 is 1. The topological polar surface area (TPSA) is 12.5 Å². The van der Waals surface area contributed by atoms with Crippen molar-refractivity contribution in [3.8, 4) is 5.75 Å². The van der Waals surface area contributed by atoms with Crippen molar-refractivity contribution in [1.82, 2.24) is 4.90 Å². The average Bonchev–Trinajstić information content (AvgIpc) is 2.57. The van der Waals surface area contributed by atoms with Crippen molar-refractivity contribution >= 4 is 0 Å². The zero-order valence-corrected chi connectivity index (χ0v) is 12.7. The normalized spacial score (nSPS) is 19.4. The molecule has 2 aromatic rings. The molecule has 2 nitrogen and oxygen atoms in total. The van der Waals surface area contributed by atoms with Gasteiger partial charge in [0.2, 0.25) is 0 Å². The smallest absolute Gasteiger partial charge is 0.123 e. The van der Waals surface area contributed by atoms with Crippen LogP contribution < -0.4 is 4.74 Å². The van der Waals surface area contributed by atoms with Crippen molar-refractivity contribution in [3.05, 3.63) is 65.7 Å². The van der Waals surface area contributed by atoms with E-state index in [1.54, 1.807) is 7.11 Å². The summed E-state index contributed by atoms with van der Waals surface area (Å²) in [6.45, 7) is 2.13. The number of likely N-dealkylation sites (tertiary alicyclic amines) is 1. The fourth-order valence-electron chi connectivity index (χ4n) is 3.29. The molecular weight excluding hydrogens is 258 g/mol. The van der Waals surface area contributed by atoms with Crippen LogP contribution in [0.25, 0.3) is 0 Å². The summed E-state index contributed by atoms with van der Waals surface area (Å²) in [4.78, 5) is 2.59. The van der Waals surface area contributed by atoms with Crippen LogP contribution in [0.5, 0.6) is 5.75 Å². The third-order valence-corrected chi connectivity index (χ3v) is 4.36. The largest absolute Gasteiger partial charge is 0.496 e. The van der Waals surface area contributed by atoms with E-state index in [0.29, 0.717) is 6.04 Å². The third-order valence-electron chi connectivity index (χ3n) is 4.36. The molecule has 1 heterocycles. The molecule has 1 unspecified atom stereocenters. The molecule has 2 aromatic carbocycles. The summed E-state index contributed by atoms with van der Waals surface area (Å²) in [5.41, 5.74) is 2.72. The number of hydrogen-bond donors (Lipinski definition) is 0. The SMILES string of the molecule is COc1ccccc1CN1CCCCC1c1ccccc1. The standard InChI is InChI=1S/C19H23NO/c1-21-19-13-6-5-11-17(19)15-20-14-8-7-12-18(20)16-9-3-2-4-10-16/h2-6,9-11,13,18H,7-8,12,14-15H2,1H3. The maximum atomic E-state index is 5.50. The minimum atomic E-state index is 0.532. The van der Waals surface area contributed by atoms with E-state index < -0.39 is 0 Å². The fraction of sp³-hybridized carbons (Fsp3) is 0.368. The molecule has 0 aliphatic carbocycles. The van der Waals surface area contributed by atoms with Crippen molar-refractivity contribution in [3.63, 3.8) is 0 Å². The summed E-state index contributed by atoms with van der Waals surface area (Å²) in [6.07, 6.45) is 3.86. The molecule has 1 fully saturated rings. The predicted molar refractivity (Wildman–Crippen MR) is 86.4 cm³/mol. The molecule has 0 bridgehead atoms. The number of ether oxygens (including phenoxy) is 1. The van der Waals surface area contributed by atoms with Gasteiger partial charge in [-0.25, -0.2) is 0 Å². The molecule has 0 aromatic heterocycles. The highest BCUT2D eigenvalue weighted by Gasteiger charge is 2.24. The summed E-state index contributed by atoms with van der Waals surface area (Å²) in [6, 6.07) is 19.8. The summed E-state index contributed by atoms with van der Waals surface area (Å²) < 4.78 is 5.50. The third kappa shape index (κ3) is 3.27. The average molecular weight is 281 g/mol. The van der Waals surface area contributed by atoms with E-state index in [0.717, 1.165) is 18.8 Å². The number of para-hydroxylation sites is 1. The van der Waals surface area contributed by atoms with Gasteiger partial charge in [0.15, 0.2) is 0 Å². The van der Waals surface area contributed by atoms with Gasteiger partial charge in [0.05, 0.1) is 7.11 Å². The summed E-state index contributed by atoms with van der Waals surface area (Å²) in [5.74, 6) is 0.995. The highest BCUT2D eigenvalue weighted by molar-refractivity contribution is 5.33. The lowest BCUT2D eigenvalue weighted by atomic mass is 9.94. The number of hydrogen-bond acceptors (Lipinski definition) is 2. The van der Waals surface area contributed by atoms with Crippen LogP contribution in [0.3, 0.4) is 0 Å². The van der Waals surface area contributed by atoms with Gasteiger partial charge < -0.3 is 4.74 Å². The van der Waals surface area contributed by atoms with Gasteiger partial charge in [0.25, 0.3) is 0 Å². The van der Waals surface area contributed by atoms with Crippen LogP contribution in [0.1, 0.15) is 36.4 Å². The molecule has 1 aliphatic heterocycles. The minimum Gasteiger partial charge on any atom is -0.496 e. The monoisotopic (exact) mass is 281 g/mol. The lowest BCUT2D eigenvalue weighted by molar-refractivity contribution is 0.139. The second-order valence-electron chi connectivity index (χ2n) is 5.70. The number of rotatable bonds is 4. The first-order valence-electron chi connectivity index (χ1n) is 7.79. The van der Waals surface area contributed by atoms with E-state index >= 15 is 0 Å². The molecule has 0 N–H and O–H groups in total. The predicted octanol–water partition coefficient (Wildman–Crippen LogP) is 4.42. The van der Waals surface area contributed by atoms with E-state index in [9.17, 15) is 0 Å². The molecule has 110 valence electrons. The lowest BCUT2D eigenvalue weighted by Crippen LogP contribution is -2.33. The van der Waals surface area contributed by atoms with Gasteiger partial charge >= 0.3 is 0 Å². The zero-order valence-electron chi connectivity index (χ0n) is 12.7. The van der Waals surface area contributed by atoms with Gasteiger partial charge in [-0.15, -0.1) is 0 Å². The Morgan fingerprint density at radius 1 is 1.00 bits per heavy atom. The Bertz CT molecular complexity index is 567. The Kier molecular flexibility index (Phi) is 4.56. The first-order valence-corrected chi connectivity index (χ1v) is 7.79. The van der Waals surface area contributed by atoms with E-state index in [2.05, 4.69) is 53.4 Å². The van der Waals surface area contributed by atoms with Crippen LogP contribution in [-0.2, 0) is 6.54 Å². The van der Waals surface area contributed by atoms with Crippen LogP contribution >= 0.6 is 0 Å². The summed E-state index contributed by atoms with van der Waals surface area (Å²) in [5, 5.41) is 0. The summed E-state index contributed by atoms with van der Waals surface area (Å²) in [7, 11) is 1.75. The number of piperidine rings is 1. The van der Waals surface area contributed by atoms with Gasteiger partial charge in [0, 0.05) is 18.2 Å². The Morgan fingerprint density at radius 3 is 2.57 bits per heavy atom. The van der Waals surface area contributed by atoms with Crippen molar-refractivity contribution in [2.75, 3.05) is 13.7 Å². The lowest BCUT2D eigenvalue weighted by Gasteiger charge is -2.36. The number of nitrogens with zero attached hydrogens (tertiary/aromatic N) is 1. The Hall–Kier alpha value is -1.80. The van der Waals surface area contributed by atoms with E-state index in [1.807, 2.05) is 6.07 Å². The van der Waals surface area contributed by atoms with Crippen molar-refractivity contribution < 1.29 is 4.74 Å². The molecule has 0 saturated carbocycles. The molecule has 21 heavy (non-hydrogen) atoms. The van der Waals surface area contributed by atoms with Gasteiger partial charge in [-0.05, 0) is 31.0 Å². The second kappa shape index (κ2) is 6.77. The van der Waals surface area contributed by atoms with Crippen LogP contribution in [0.15, 0.2) is 54.6 Å². The molecule has 1 aliphatic rings. The molecule has 3 rings (SSSR count). The Morgan fingerprint density at radius 2 is 1.76 bits per heavy atom. The first-order chi connectivity index (χ1) is 10.4. The van der Waals surface area contributed by atoms with Crippen molar-refractivity contribution in [1.29, 1.82) is 0 Å². The minimum absolute atomic E-state index is 0.532. The maximum Gasteiger partial charge on any atom is 0.123 e. The molecule has 1 atom stereocenters. The van der Waals surface area contributed by atoms with Gasteiger partial charge in [-0.1, -0.05) is 55.0 Å². The Labute approximate surface area is 127 Å². The van der Waals surface area contributed by atoms with Crippen molar-refractivity contribution in [2.45, 2.75) is 31.8 Å². The molecule has 0 radical (unpaired) electrons. The Balaban J connectivity index is 1.82. The summed E-state index contributed by atoms with van der Waals surface area (Å²) >= 11 is 0. The van der Waals surface area contributed by atoms with Crippen LogP contribution in [0, 0.1) is 0 Å². The van der Waals surface area contributed by atoms with E-state index in [-0.39, 0.29) is 0 Å². The van der Waals surface area contributed by atoms with E-state index in [4.69, 9.17) is 4.74 Å². The van der Waals surface area contributed by atoms with E-state index in [1.165, 1.54) is 30.4 Å². The van der Waals surface area contributed by atoms with Gasteiger partial charge in [0.1, 0.15) is 5.75 Å². The van der Waals surface area contributed by atoms with Crippen LogP contribution in [-0.4, -0.2) is 18.6 Å². The fourth-order valence-corrected chi connectivity index (χ4v) is 3.29. The van der Waals surface area contributed by atoms with Gasteiger partial charge in [-0.2, -0.15) is 0 Å². The maximum absolute atomic E-state index is 5.50. The van der Waals surface area contributed by atoms with Crippen LogP contribution in [0.2, 0.25) is 0 Å². The molecule has 0 amide bonds. The van der Waals surface area contributed by atoms with Crippen molar-refractivity contribution in [2.24, 2.45) is 0 Å². The highest BCUT2D eigenvalue weighted by Crippen LogP contribution is 2.33. The molecular formula is C19H23NO. The number of benzene rings is 2. The molecule has 1 saturated heterocycles. The second-order valence-corrected chi connectivity index (χ2v) is 5.70. The molecule has 2 heteroatoms. The zero-order chi connectivity index (χ0) is 14.5. The first kappa shape index (κ1) is 14.2. The quantitative estimate of drug-likeness (QED) is 0.822. The van der Waals surface area contributed by atoms with Gasteiger partial charge in [-0.3, -0.25) is 4.90 Å². The highest BCUT2D eigenvalue weighted by atomic mass is 16.5.